The maximum absolute atomic E-state index is 6.11. The van der Waals surface area contributed by atoms with Gasteiger partial charge in [-0.2, -0.15) is 0 Å². The van der Waals surface area contributed by atoms with Crippen LogP contribution in [0.3, 0.4) is 0 Å². The molecule has 0 atom stereocenters. The van der Waals surface area contributed by atoms with Crippen molar-refractivity contribution in [1.82, 2.24) is 9.97 Å². The van der Waals surface area contributed by atoms with Crippen molar-refractivity contribution >= 4 is 27.5 Å². The summed E-state index contributed by atoms with van der Waals surface area (Å²) in [6.07, 6.45) is 0. The van der Waals surface area contributed by atoms with Crippen LogP contribution in [-0.2, 0) is 5.33 Å². The van der Waals surface area contributed by atoms with Crippen molar-refractivity contribution in [2.75, 3.05) is 0 Å². The number of rotatable bonds is 3. The first-order valence-corrected chi connectivity index (χ1v) is 8.02. The first-order chi connectivity index (χ1) is 10.3. The maximum atomic E-state index is 6.11. The summed E-state index contributed by atoms with van der Waals surface area (Å²) in [5.41, 5.74) is 4.93. The van der Waals surface area contributed by atoms with Gasteiger partial charge in [0.2, 0.25) is 5.28 Å². The second-order valence-corrected chi connectivity index (χ2v) is 5.46. The van der Waals surface area contributed by atoms with Crippen LogP contribution in [0, 0.1) is 0 Å². The van der Waals surface area contributed by atoms with Crippen LogP contribution in [0.1, 0.15) is 5.56 Å². The number of benzene rings is 2. The molecule has 0 aliphatic carbocycles. The van der Waals surface area contributed by atoms with Gasteiger partial charge < -0.3 is 0 Å². The Bertz CT molecular complexity index is 760. The van der Waals surface area contributed by atoms with Crippen LogP contribution in [0.4, 0.5) is 0 Å². The molecular formula is C17H12BrClN2. The molecule has 104 valence electrons. The number of nitrogens with zero attached hydrogens (tertiary/aromatic N) is 2. The smallest absolute Gasteiger partial charge is 0.218 e. The van der Waals surface area contributed by atoms with E-state index in [0.717, 1.165) is 27.8 Å². The van der Waals surface area contributed by atoms with Crippen molar-refractivity contribution in [3.8, 4) is 22.5 Å². The molecule has 1 aromatic heterocycles. The van der Waals surface area contributed by atoms with Crippen molar-refractivity contribution in [3.05, 3.63) is 71.5 Å². The Labute approximate surface area is 137 Å². The van der Waals surface area contributed by atoms with Crippen LogP contribution in [-0.4, -0.2) is 9.97 Å². The van der Waals surface area contributed by atoms with E-state index in [1.54, 1.807) is 0 Å². The summed E-state index contributed by atoms with van der Waals surface area (Å²) in [7, 11) is 0. The molecule has 2 nitrogen and oxygen atoms in total. The SMILES string of the molecule is Clc1nc(-c2ccccc2)cc(-c2ccccc2CBr)n1. The molecule has 2 aromatic carbocycles. The molecule has 0 spiro atoms. The van der Waals surface area contributed by atoms with E-state index >= 15 is 0 Å². The molecule has 3 aromatic rings. The summed E-state index contributed by atoms with van der Waals surface area (Å²) in [6.45, 7) is 0. The third-order valence-electron chi connectivity index (χ3n) is 3.21. The number of halogens is 2. The van der Waals surface area contributed by atoms with Gasteiger partial charge in [0, 0.05) is 16.5 Å². The van der Waals surface area contributed by atoms with Gasteiger partial charge in [-0.05, 0) is 23.2 Å². The lowest BCUT2D eigenvalue weighted by Gasteiger charge is -2.09. The predicted molar refractivity (Wildman–Crippen MR) is 90.5 cm³/mol. The lowest BCUT2D eigenvalue weighted by Crippen LogP contribution is -1.94. The molecule has 3 rings (SSSR count). The van der Waals surface area contributed by atoms with Crippen LogP contribution in [0.25, 0.3) is 22.5 Å². The van der Waals surface area contributed by atoms with Gasteiger partial charge in [0.1, 0.15) is 0 Å². The van der Waals surface area contributed by atoms with E-state index in [4.69, 9.17) is 11.6 Å². The molecule has 0 aliphatic heterocycles. The first-order valence-electron chi connectivity index (χ1n) is 6.52. The second-order valence-electron chi connectivity index (χ2n) is 4.56. The summed E-state index contributed by atoms with van der Waals surface area (Å²) in [5, 5.41) is 1.03. The normalized spacial score (nSPS) is 10.6. The summed E-state index contributed by atoms with van der Waals surface area (Å²) in [4.78, 5) is 8.70. The molecule has 0 amide bonds. The van der Waals surface area contributed by atoms with Crippen molar-refractivity contribution in [2.45, 2.75) is 5.33 Å². The van der Waals surface area contributed by atoms with E-state index in [0.29, 0.717) is 0 Å². The zero-order valence-corrected chi connectivity index (χ0v) is 13.5. The third-order valence-corrected chi connectivity index (χ3v) is 3.98. The number of aromatic nitrogens is 2. The number of alkyl halides is 1. The zero-order chi connectivity index (χ0) is 14.7. The summed E-state index contributed by atoms with van der Waals surface area (Å²) in [6, 6.07) is 20.1. The minimum absolute atomic E-state index is 0.260. The average molecular weight is 360 g/mol. The van der Waals surface area contributed by atoms with Gasteiger partial charge in [-0.25, -0.2) is 9.97 Å². The average Bonchev–Trinajstić information content (AvgIpc) is 2.55. The van der Waals surface area contributed by atoms with Crippen LogP contribution >= 0.6 is 27.5 Å². The van der Waals surface area contributed by atoms with Crippen LogP contribution in [0.15, 0.2) is 60.7 Å². The van der Waals surface area contributed by atoms with Crippen molar-refractivity contribution in [2.24, 2.45) is 0 Å². The Morgan fingerprint density at radius 3 is 2.29 bits per heavy atom. The first kappa shape index (κ1) is 14.2. The lowest BCUT2D eigenvalue weighted by molar-refractivity contribution is 1.17. The zero-order valence-electron chi connectivity index (χ0n) is 11.1. The molecule has 0 bridgehead atoms. The van der Waals surface area contributed by atoms with E-state index in [9.17, 15) is 0 Å². The highest BCUT2D eigenvalue weighted by molar-refractivity contribution is 9.08. The van der Waals surface area contributed by atoms with E-state index in [1.807, 2.05) is 54.6 Å². The molecule has 21 heavy (non-hydrogen) atoms. The van der Waals surface area contributed by atoms with E-state index < -0.39 is 0 Å². The molecule has 0 fully saturated rings. The fourth-order valence-electron chi connectivity index (χ4n) is 2.20. The predicted octanol–water partition coefficient (Wildman–Crippen LogP) is 5.36. The maximum Gasteiger partial charge on any atom is 0.223 e. The standard InChI is InChI=1S/C17H12BrClN2/c18-11-13-8-4-5-9-14(13)16-10-15(20-17(19)21-16)12-6-2-1-3-7-12/h1-10H,11H2. The number of hydrogen-bond donors (Lipinski definition) is 0. The van der Waals surface area contributed by atoms with Crippen molar-refractivity contribution in [1.29, 1.82) is 0 Å². The Hall–Kier alpha value is -1.71. The minimum atomic E-state index is 0.260. The summed E-state index contributed by atoms with van der Waals surface area (Å²) >= 11 is 9.62. The van der Waals surface area contributed by atoms with Crippen molar-refractivity contribution in [3.63, 3.8) is 0 Å². The van der Waals surface area contributed by atoms with Crippen molar-refractivity contribution < 1.29 is 0 Å². The summed E-state index contributed by atoms with van der Waals surface area (Å²) < 4.78 is 0. The quantitative estimate of drug-likeness (QED) is 0.465. The topological polar surface area (TPSA) is 25.8 Å². The van der Waals surface area contributed by atoms with Gasteiger partial charge in [-0.15, -0.1) is 0 Å². The van der Waals surface area contributed by atoms with Gasteiger partial charge in [0.25, 0.3) is 0 Å². The fraction of sp³-hybridized carbons (Fsp3) is 0.0588. The van der Waals surface area contributed by atoms with Crippen LogP contribution in [0.5, 0.6) is 0 Å². The Morgan fingerprint density at radius 2 is 1.52 bits per heavy atom. The summed E-state index contributed by atoms with van der Waals surface area (Å²) in [5.74, 6) is 0. The Morgan fingerprint density at radius 1 is 0.857 bits per heavy atom. The molecule has 4 heteroatoms. The highest BCUT2D eigenvalue weighted by atomic mass is 79.9. The molecule has 0 radical (unpaired) electrons. The van der Waals surface area contributed by atoms with Crippen LogP contribution < -0.4 is 0 Å². The van der Waals surface area contributed by atoms with E-state index in [1.165, 1.54) is 5.56 Å². The lowest BCUT2D eigenvalue weighted by atomic mass is 10.0. The molecule has 0 saturated carbocycles. The molecular weight excluding hydrogens is 348 g/mol. The van der Waals surface area contributed by atoms with E-state index in [2.05, 4.69) is 32.0 Å². The highest BCUT2D eigenvalue weighted by Crippen LogP contribution is 2.28. The Kier molecular flexibility index (Phi) is 4.32. The van der Waals surface area contributed by atoms with Gasteiger partial charge in [0.05, 0.1) is 11.4 Å². The van der Waals surface area contributed by atoms with Gasteiger partial charge in [-0.1, -0.05) is 70.5 Å². The largest absolute Gasteiger partial charge is 0.223 e. The van der Waals surface area contributed by atoms with Crippen LogP contribution in [0.2, 0.25) is 5.28 Å². The molecule has 0 aliphatic rings. The third kappa shape index (κ3) is 3.14. The Balaban J connectivity index is 2.14. The van der Waals surface area contributed by atoms with Gasteiger partial charge in [0.15, 0.2) is 0 Å². The molecule has 0 saturated heterocycles. The molecule has 0 N–H and O–H groups in total. The van der Waals surface area contributed by atoms with Gasteiger partial charge in [-0.3, -0.25) is 0 Å². The van der Waals surface area contributed by atoms with E-state index in [-0.39, 0.29) is 5.28 Å². The van der Waals surface area contributed by atoms with Gasteiger partial charge >= 0.3 is 0 Å². The fourth-order valence-corrected chi connectivity index (χ4v) is 2.87. The second kappa shape index (κ2) is 6.37. The molecule has 0 unspecified atom stereocenters. The minimum Gasteiger partial charge on any atom is -0.218 e. The molecule has 1 heterocycles. The highest BCUT2D eigenvalue weighted by Gasteiger charge is 2.10. The monoisotopic (exact) mass is 358 g/mol. The number of hydrogen-bond acceptors (Lipinski definition) is 2.